The number of aromatic nitrogens is 2. The van der Waals surface area contributed by atoms with E-state index in [4.69, 9.17) is 18.7 Å². The summed E-state index contributed by atoms with van der Waals surface area (Å²) in [4.78, 5) is 49.1. The number of esters is 2. The maximum atomic E-state index is 13.2. The molecule has 5 N–H and O–H groups in total. The summed E-state index contributed by atoms with van der Waals surface area (Å²) in [5.74, 6) is -1.47. The maximum Gasteiger partial charge on any atom is 0.341 e. The van der Waals surface area contributed by atoms with Gasteiger partial charge in [-0.25, -0.2) is 15.0 Å². The van der Waals surface area contributed by atoms with Crippen LogP contribution in [0.2, 0.25) is 0 Å². The minimum absolute atomic E-state index is 0.0851. The lowest BCUT2D eigenvalue weighted by molar-refractivity contribution is -0.181. The minimum atomic E-state index is -4.12. The van der Waals surface area contributed by atoms with E-state index >= 15 is 0 Å². The van der Waals surface area contributed by atoms with Crippen LogP contribution in [0, 0.1) is 0 Å². The predicted molar refractivity (Wildman–Crippen MR) is 119 cm³/mol. The molecule has 1 aliphatic rings. The van der Waals surface area contributed by atoms with Gasteiger partial charge in [0.15, 0.2) is 0 Å². The number of carbonyl (C=O) groups excluding carboxylic acids is 2. The van der Waals surface area contributed by atoms with Crippen LogP contribution in [0.15, 0.2) is 21.9 Å². The molecule has 1 fully saturated rings. The number of nitrogens with one attached hydrogen (secondary N) is 3. The summed E-state index contributed by atoms with van der Waals surface area (Å²) in [7, 11) is -4.12. The van der Waals surface area contributed by atoms with Crippen LogP contribution in [0.4, 0.5) is 0 Å². The van der Waals surface area contributed by atoms with E-state index in [2.05, 4.69) is 10.2 Å². The van der Waals surface area contributed by atoms with Gasteiger partial charge in [-0.05, 0) is 27.7 Å². The first-order chi connectivity index (χ1) is 16.3. The SMILES string of the molecule is CCOC(=O)CNP(=O)(NCC(=O)OCC)OC[C@H]1OC(C)(C)C(O)(n2ccc(=O)[nH]c2=O)C1O. The molecular weight excluding hydrogens is 491 g/mol. The molecule has 0 radical (unpaired) electrons. The molecule has 1 aromatic heterocycles. The summed E-state index contributed by atoms with van der Waals surface area (Å²) in [5.41, 5.74) is -5.62. The van der Waals surface area contributed by atoms with E-state index in [9.17, 15) is 34.0 Å². The van der Waals surface area contributed by atoms with E-state index < -0.39 is 74.1 Å². The first kappa shape index (κ1) is 28.8. The lowest BCUT2D eigenvalue weighted by Crippen LogP contribution is -2.59. The van der Waals surface area contributed by atoms with Gasteiger partial charge in [-0.1, -0.05) is 0 Å². The third-order valence-electron chi connectivity index (χ3n) is 5.18. The molecule has 0 bridgehead atoms. The molecule has 0 amide bonds. The average Bonchev–Trinajstić information content (AvgIpc) is 2.95. The maximum absolute atomic E-state index is 13.2. The second kappa shape index (κ2) is 11.6. The average molecular weight is 522 g/mol. The van der Waals surface area contributed by atoms with Gasteiger partial charge < -0.3 is 28.9 Å². The predicted octanol–water partition coefficient (Wildman–Crippen LogP) is -1.85. The van der Waals surface area contributed by atoms with Crippen molar-refractivity contribution in [1.82, 2.24) is 19.7 Å². The van der Waals surface area contributed by atoms with Crippen molar-refractivity contribution < 1.29 is 43.1 Å². The number of aromatic amines is 1. The van der Waals surface area contributed by atoms with Gasteiger partial charge in [0.2, 0.25) is 5.72 Å². The van der Waals surface area contributed by atoms with Crippen molar-refractivity contribution in [2.24, 2.45) is 0 Å². The molecule has 1 aliphatic heterocycles. The Hall–Kier alpha value is -2.39. The summed E-state index contributed by atoms with van der Waals surface area (Å²) in [5, 5.41) is 26.9. The molecule has 16 heteroatoms. The molecule has 3 atom stereocenters. The van der Waals surface area contributed by atoms with Crippen molar-refractivity contribution in [2.45, 2.75) is 51.2 Å². The first-order valence-electron chi connectivity index (χ1n) is 10.8. The largest absolute Gasteiger partial charge is 0.465 e. The molecular formula is C19H31N4O11P. The normalized spacial score (nSPS) is 23.7. The number of ether oxygens (including phenoxy) is 3. The van der Waals surface area contributed by atoms with Gasteiger partial charge in [0.05, 0.1) is 19.8 Å². The van der Waals surface area contributed by atoms with Gasteiger partial charge in [-0.3, -0.25) is 28.5 Å². The zero-order valence-corrected chi connectivity index (χ0v) is 20.7. The van der Waals surface area contributed by atoms with Crippen LogP contribution in [-0.4, -0.2) is 82.4 Å². The van der Waals surface area contributed by atoms with Crippen molar-refractivity contribution in [3.05, 3.63) is 33.1 Å². The zero-order valence-electron chi connectivity index (χ0n) is 19.8. The molecule has 198 valence electrons. The number of nitrogens with zero attached hydrogens (tertiary/aromatic N) is 1. The molecule has 2 unspecified atom stereocenters. The van der Waals surface area contributed by atoms with Crippen molar-refractivity contribution in [2.75, 3.05) is 32.9 Å². The smallest absolute Gasteiger partial charge is 0.341 e. The number of aliphatic hydroxyl groups is 2. The van der Waals surface area contributed by atoms with E-state index in [1.54, 1.807) is 13.8 Å². The highest BCUT2D eigenvalue weighted by molar-refractivity contribution is 7.54. The summed E-state index contributed by atoms with van der Waals surface area (Å²) >= 11 is 0. The lowest BCUT2D eigenvalue weighted by atomic mass is 9.90. The van der Waals surface area contributed by atoms with Crippen LogP contribution in [0.5, 0.6) is 0 Å². The van der Waals surface area contributed by atoms with Gasteiger partial charge in [-0.15, -0.1) is 0 Å². The third-order valence-corrected chi connectivity index (χ3v) is 6.84. The second-order valence-electron chi connectivity index (χ2n) is 7.94. The highest BCUT2D eigenvalue weighted by Crippen LogP contribution is 2.45. The van der Waals surface area contributed by atoms with Crippen LogP contribution in [0.3, 0.4) is 0 Å². The molecule has 1 saturated heterocycles. The van der Waals surface area contributed by atoms with Crippen LogP contribution >= 0.6 is 7.67 Å². The van der Waals surface area contributed by atoms with Gasteiger partial charge >= 0.3 is 25.3 Å². The van der Waals surface area contributed by atoms with E-state index in [1.807, 2.05) is 4.98 Å². The van der Waals surface area contributed by atoms with Gasteiger partial charge in [0.25, 0.3) is 5.56 Å². The fourth-order valence-corrected chi connectivity index (χ4v) is 4.80. The monoisotopic (exact) mass is 522 g/mol. The van der Waals surface area contributed by atoms with Crippen LogP contribution < -0.4 is 21.4 Å². The van der Waals surface area contributed by atoms with E-state index in [0.717, 1.165) is 16.8 Å². The Kier molecular flexibility index (Phi) is 9.53. The third kappa shape index (κ3) is 6.64. The molecule has 2 heterocycles. The van der Waals surface area contributed by atoms with Gasteiger partial charge in [-0.2, -0.15) is 0 Å². The Bertz CT molecular complexity index is 1050. The number of hydrogen-bond acceptors (Lipinski definition) is 11. The van der Waals surface area contributed by atoms with Crippen LogP contribution in [-0.2, 0) is 38.6 Å². The number of hydrogen-bond donors (Lipinski definition) is 5. The zero-order chi connectivity index (χ0) is 26.4. The Morgan fingerprint density at radius 1 is 1.17 bits per heavy atom. The number of H-pyrrole nitrogens is 1. The molecule has 0 aromatic carbocycles. The molecule has 15 nitrogen and oxygen atoms in total. The van der Waals surface area contributed by atoms with Crippen LogP contribution in [0.25, 0.3) is 0 Å². The van der Waals surface area contributed by atoms with Crippen molar-refractivity contribution >= 4 is 19.6 Å². The number of aliphatic hydroxyl groups excluding tert-OH is 1. The highest BCUT2D eigenvalue weighted by Gasteiger charge is 2.62. The highest BCUT2D eigenvalue weighted by atomic mass is 31.2. The summed E-state index contributed by atoms with van der Waals surface area (Å²) in [6, 6.07) is 0.985. The molecule has 2 rings (SSSR count). The molecule has 0 spiro atoms. The Balaban J connectivity index is 2.22. The molecule has 1 aromatic rings. The first-order valence-corrected chi connectivity index (χ1v) is 12.4. The molecule has 0 aliphatic carbocycles. The fraction of sp³-hybridized carbons (Fsp3) is 0.684. The minimum Gasteiger partial charge on any atom is -0.465 e. The molecule has 35 heavy (non-hydrogen) atoms. The van der Waals surface area contributed by atoms with Crippen molar-refractivity contribution in [1.29, 1.82) is 0 Å². The van der Waals surface area contributed by atoms with Crippen molar-refractivity contribution in [3.63, 3.8) is 0 Å². The quantitative estimate of drug-likeness (QED) is 0.151. The summed E-state index contributed by atoms with van der Waals surface area (Å²) in [6.07, 6.45) is -2.11. The van der Waals surface area contributed by atoms with E-state index in [0.29, 0.717) is 0 Å². The molecule has 0 saturated carbocycles. The van der Waals surface area contributed by atoms with Gasteiger partial charge in [0, 0.05) is 12.3 Å². The number of rotatable bonds is 12. The number of carbonyl (C=O) groups is 2. The van der Waals surface area contributed by atoms with Gasteiger partial charge in [0.1, 0.15) is 30.9 Å². The van der Waals surface area contributed by atoms with E-state index in [1.165, 1.54) is 13.8 Å². The topological polar surface area (TPSA) is 208 Å². The Morgan fingerprint density at radius 3 is 2.20 bits per heavy atom. The standard InChI is InChI=1S/C19H31N4O11P/c1-5-31-14(25)9-20-35(30,21-10-15(26)32-6-2)33-11-12-16(27)19(29,18(3,4)34-12)23-8-7-13(24)22-17(23)28/h7-8,12,16,27,29H,5-6,9-11H2,1-4H3,(H2,20,21,30)(H,22,24,28)/t12-,16?,19?/m1/s1. The van der Waals surface area contributed by atoms with E-state index in [-0.39, 0.29) is 13.2 Å². The summed E-state index contributed by atoms with van der Waals surface area (Å²) in [6.45, 7) is 4.47. The summed E-state index contributed by atoms with van der Waals surface area (Å²) < 4.78 is 34.6. The Morgan fingerprint density at radius 2 is 1.71 bits per heavy atom. The van der Waals surface area contributed by atoms with Crippen LogP contribution in [0.1, 0.15) is 27.7 Å². The Labute approximate surface area is 200 Å². The van der Waals surface area contributed by atoms with Crippen molar-refractivity contribution in [3.8, 4) is 0 Å². The lowest BCUT2D eigenvalue weighted by Gasteiger charge is -2.37. The second-order valence-corrected chi connectivity index (χ2v) is 9.94. The fourth-order valence-electron chi connectivity index (χ4n) is 3.48.